The van der Waals surface area contributed by atoms with Gasteiger partial charge in [-0.1, -0.05) is 19.8 Å². The van der Waals surface area contributed by atoms with Gasteiger partial charge in [-0.25, -0.2) is 4.39 Å². The van der Waals surface area contributed by atoms with Crippen LogP contribution in [0, 0.1) is 11.7 Å². The number of halogens is 2. The van der Waals surface area contributed by atoms with Crippen LogP contribution in [0.15, 0.2) is 22.7 Å². The van der Waals surface area contributed by atoms with Gasteiger partial charge in [0.05, 0.1) is 4.47 Å². The van der Waals surface area contributed by atoms with Crippen molar-refractivity contribution < 1.29 is 9.18 Å². The molecule has 0 aromatic heterocycles. The average Bonchev–Trinajstić information content (AvgIpc) is 2.67. The van der Waals surface area contributed by atoms with Crippen LogP contribution >= 0.6 is 15.9 Å². The van der Waals surface area contributed by atoms with E-state index in [-0.39, 0.29) is 11.7 Å². The Morgan fingerprint density at radius 2 is 2.20 bits per heavy atom. The molecular weight excluding hydrogens is 321 g/mol. The van der Waals surface area contributed by atoms with Gasteiger partial charge < -0.3 is 4.90 Å². The van der Waals surface area contributed by atoms with Crippen LogP contribution in [-0.2, 0) is 0 Å². The molecule has 1 aliphatic rings. The van der Waals surface area contributed by atoms with Crippen LogP contribution in [0.5, 0.6) is 0 Å². The zero-order chi connectivity index (χ0) is 14.5. The van der Waals surface area contributed by atoms with Crippen LogP contribution in [0.25, 0.3) is 0 Å². The molecule has 2 rings (SSSR count). The summed E-state index contributed by atoms with van der Waals surface area (Å²) in [5, 5.41) is 0. The Kier molecular flexibility index (Phi) is 5.58. The second kappa shape index (κ2) is 7.21. The highest BCUT2D eigenvalue weighted by atomic mass is 79.9. The van der Waals surface area contributed by atoms with E-state index < -0.39 is 0 Å². The highest BCUT2D eigenvalue weighted by Crippen LogP contribution is 2.23. The van der Waals surface area contributed by atoms with Crippen LogP contribution in [-0.4, -0.2) is 23.9 Å². The van der Waals surface area contributed by atoms with E-state index in [1.54, 1.807) is 12.1 Å². The first-order chi connectivity index (χ1) is 9.61. The summed E-state index contributed by atoms with van der Waals surface area (Å²) in [5.41, 5.74) is 0.444. The van der Waals surface area contributed by atoms with Gasteiger partial charge in [-0.3, -0.25) is 4.79 Å². The van der Waals surface area contributed by atoms with Gasteiger partial charge >= 0.3 is 0 Å². The summed E-state index contributed by atoms with van der Waals surface area (Å²) in [7, 11) is 0. The Morgan fingerprint density at radius 3 is 2.90 bits per heavy atom. The lowest BCUT2D eigenvalue weighted by atomic mass is 9.96. The number of rotatable bonds is 3. The molecule has 1 unspecified atom stereocenters. The molecule has 4 heteroatoms. The molecule has 0 N–H and O–H groups in total. The first kappa shape index (κ1) is 15.5. The molecule has 1 heterocycles. The number of hydrogen-bond donors (Lipinski definition) is 0. The number of amides is 1. The Hall–Kier alpha value is -0.900. The summed E-state index contributed by atoms with van der Waals surface area (Å²) >= 11 is 3.11. The van der Waals surface area contributed by atoms with E-state index in [0.717, 1.165) is 31.8 Å². The highest BCUT2D eigenvalue weighted by Gasteiger charge is 2.21. The lowest BCUT2D eigenvalue weighted by molar-refractivity contribution is 0.0759. The molecule has 1 atom stereocenters. The number of carbonyl (C=O) groups is 1. The minimum atomic E-state index is -0.380. The second-order valence-electron chi connectivity index (χ2n) is 5.51. The molecular formula is C16H21BrFNO. The molecule has 1 aromatic rings. The SMILES string of the molecule is CCCC1CCCN(C(=O)c2ccc(Br)c(F)c2)CC1. The molecule has 1 aromatic carbocycles. The normalized spacial score (nSPS) is 19.8. The number of likely N-dealkylation sites (tertiary alicyclic amines) is 1. The minimum absolute atomic E-state index is 0.0476. The monoisotopic (exact) mass is 341 g/mol. The molecule has 0 saturated carbocycles. The molecule has 110 valence electrons. The van der Waals surface area contributed by atoms with Gasteiger partial charge in [-0.15, -0.1) is 0 Å². The topological polar surface area (TPSA) is 20.3 Å². The molecule has 0 bridgehead atoms. The molecule has 20 heavy (non-hydrogen) atoms. The Bertz CT molecular complexity index is 478. The lowest BCUT2D eigenvalue weighted by Gasteiger charge is -2.21. The van der Waals surface area contributed by atoms with Crippen molar-refractivity contribution in [1.82, 2.24) is 4.90 Å². The number of carbonyl (C=O) groups excluding carboxylic acids is 1. The molecule has 0 radical (unpaired) electrons. The quantitative estimate of drug-likeness (QED) is 0.784. The van der Waals surface area contributed by atoms with Gasteiger partial charge in [0.15, 0.2) is 0 Å². The highest BCUT2D eigenvalue weighted by molar-refractivity contribution is 9.10. The van der Waals surface area contributed by atoms with Crippen molar-refractivity contribution in [2.45, 2.75) is 39.0 Å². The van der Waals surface area contributed by atoms with Crippen LogP contribution in [0.2, 0.25) is 0 Å². The summed E-state index contributed by atoms with van der Waals surface area (Å²) in [4.78, 5) is 14.3. The summed E-state index contributed by atoms with van der Waals surface area (Å²) in [6, 6.07) is 4.60. The smallest absolute Gasteiger partial charge is 0.253 e. The maximum Gasteiger partial charge on any atom is 0.253 e. The standard InChI is InChI=1S/C16H21BrFNO/c1-2-4-12-5-3-9-19(10-8-12)16(20)13-6-7-14(17)15(18)11-13/h6-7,11-12H,2-5,8-10H2,1H3. The van der Waals surface area contributed by atoms with Crippen molar-refractivity contribution in [3.05, 3.63) is 34.1 Å². The van der Waals surface area contributed by atoms with Gasteiger partial charge in [0, 0.05) is 18.7 Å². The fraction of sp³-hybridized carbons (Fsp3) is 0.562. The van der Waals surface area contributed by atoms with Crippen molar-refractivity contribution in [2.24, 2.45) is 5.92 Å². The van der Waals surface area contributed by atoms with E-state index >= 15 is 0 Å². The fourth-order valence-electron chi connectivity index (χ4n) is 2.88. The predicted molar refractivity (Wildman–Crippen MR) is 82.3 cm³/mol. The molecule has 1 amide bonds. The zero-order valence-electron chi connectivity index (χ0n) is 11.9. The molecule has 1 fully saturated rings. The van der Waals surface area contributed by atoms with Crippen molar-refractivity contribution in [3.63, 3.8) is 0 Å². The zero-order valence-corrected chi connectivity index (χ0v) is 13.5. The van der Waals surface area contributed by atoms with Gasteiger partial charge in [0.25, 0.3) is 5.91 Å². The van der Waals surface area contributed by atoms with E-state index in [9.17, 15) is 9.18 Å². The van der Waals surface area contributed by atoms with E-state index in [1.807, 2.05) is 4.90 Å². The second-order valence-corrected chi connectivity index (χ2v) is 6.36. The molecule has 1 saturated heterocycles. The first-order valence-electron chi connectivity index (χ1n) is 7.36. The van der Waals surface area contributed by atoms with Crippen molar-refractivity contribution in [2.75, 3.05) is 13.1 Å². The van der Waals surface area contributed by atoms with Crippen molar-refractivity contribution >= 4 is 21.8 Å². The van der Waals surface area contributed by atoms with Crippen molar-refractivity contribution in [3.8, 4) is 0 Å². The minimum Gasteiger partial charge on any atom is -0.339 e. The van der Waals surface area contributed by atoms with Crippen LogP contribution in [0.4, 0.5) is 4.39 Å². The predicted octanol–water partition coefficient (Wildman–Crippen LogP) is 4.63. The van der Waals surface area contributed by atoms with E-state index in [4.69, 9.17) is 0 Å². The number of hydrogen-bond acceptors (Lipinski definition) is 1. The molecule has 2 nitrogen and oxygen atoms in total. The Labute approximate surface area is 128 Å². The van der Waals surface area contributed by atoms with Crippen LogP contribution < -0.4 is 0 Å². The van der Waals surface area contributed by atoms with E-state index in [1.165, 1.54) is 25.3 Å². The third-order valence-electron chi connectivity index (χ3n) is 4.00. The molecule has 0 spiro atoms. The van der Waals surface area contributed by atoms with E-state index in [2.05, 4.69) is 22.9 Å². The molecule has 0 aliphatic carbocycles. The summed E-state index contributed by atoms with van der Waals surface area (Å²) in [6.45, 7) is 3.79. The van der Waals surface area contributed by atoms with E-state index in [0.29, 0.717) is 10.0 Å². The van der Waals surface area contributed by atoms with Crippen LogP contribution in [0.1, 0.15) is 49.4 Å². The van der Waals surface area contributed by atoms with Crippen LogP contribution in [0.3, 0.4) is 0 Å². The van der Waals surface area contributed by atoms with Gasteiger partial charge in [0.2, 0.25) is 0 Å². The first-order valence-corrected chi connectivity index (χ1v) is 8.15. The third kappa shape index (κ3) is 3.81. The average molecular weight is 342 g/mol. The molecule has 1 aliphatic heterocycles. The maximum atomic E-state index is 13.5. The Balaban J connectivity index is 2.03. The van der Waals surface area contributed by atoms with Gasteiger partial charge in [-0.2, -0.15) is 0 Å². The summed E-state index contributed by atoms with van der Waals surface area (Å²) in [5.74, 6) is 0.308. The maximum absolute atomic E-state index is 13.5. The summed E-state index contributed by atoms with van der Waals surface area (Å²) < 4.78 is 13.9. The number of nitrogens with zero attached hydrogens (tertiary/aromatic N) is 1. The van der Waals surface area contributed by atoms with Gasteiger partial charge in [-0.05, 0) is 59.3 Å². The van der Waals surface area contributed by atoms with Gasteiger partial charge in [0.1, 0.15) is 5.82 Å². The third-order valence-corrected chi connectivity index (χ3v) is 4.64. The fourth-order valence-corrected chi connectivity index (χ4v) is 3.12. The lowest BCUT2D eigenvalue weighted by Crippen LogP contribution is -2.32. The number of benzene rings is 1. The summed E-state index contributed by atoms with van der Waals surface area (Å²) in [6.07, 6.45) is 5.77. The van der Waals surface area contributed by atoms with Crippen molar-refractivity contribution in [1.29, 1.82) is 0 Å². The largest absolute Gasteiger partial charge is 0.339 e. The Morgan fingerprint density at radius 1 is 1.40 bits per heavy atom.